The van der Waals surface area contributed by atoms with Gasteiger partial charge in [-0.15, -0.1) is 0 Å². The molecule has 0 radical (unpaired) electrons. The third-order valence-electron chi connectivity index (χ3n) is 4.00. The first kappa shape index (κ1) is 17.6. The zero-order valence-electron chi connectivity index (χ0n) is 13.4. The summed E-state index contributed by atoms with van der Waals surface area (Å²) in [5, 5.41) is 6.57. The summed E-state index contributed by atoms with van der Waals surface area (Å²) < 4.78 is 5.07. The van der Waals surface area contributed by atoms with Gasteiger partial charge < -0.3 is 15.4 Å². The monoisotopic (exact) mass is 378 g/mol. The van der Waals surface area contributed by atoms with Crippen molar-refractivity contribution in [2.45, 2.75) is 6.42 Å². The Morgan fingerprint density at radius 3 is 2.08 bits per heavy atom. The maximum Gasteiger partial charge on any atom is 0.228 e. The van der Waals surface area contributed by atoms with Crippen molar-refractivity contribution in [3.05, 3.63) is 52.5 Å². The van der Waals surface area contributed by atoms with Gasteiger partial charge in [0.25, 0.3) is 0 Å². The predicted octanol–water partition coefficient (Wildman–Crippen LogP) is 4.22. The fourth-order valence-electron chi connectivity index (χ4n) is 2.52. The van der Waals surface area contributed by atoms with E-state index in [4.69, 9.17) is 27.9 Å². The van der Waals surface area contributed by atoms with E-state index in [0.29, 0.717) is 33.6 Å². The first-order valence-electron chi connectivity index (χ1n) is 7.69. The van der Waals surface area contributed by atoms with Crippen LogP contribution >= 0.6 is 23.2 Å². The van der Waals surface area contributed by atoms with Crippen LogP contribution < -0.4 is 15.4 Å². The second-order valence-electron chi connectivity index (χ2n) is 5.78. The van der Waals surface area contributed by atoms with Crippen LogP contribution in [0.4, 0.5) is 11.4 Å². The summed E-state index contributed by atoms with van der Waals surface area (Å²) in [5.74, 6) is -0.503. The van der Waals surface area contributed by atoms with Gasteiger partial charge in [-0.2, -0.15) is 0 Å². The van der Waals surface area contributed by atoms with E-state index in [9.17, 15) is 9.59 Å². The molecule has 2 aromatic rings. The number of benzene rings is 2. The lowest BCUT2D eigenvalue weighted by Crippen LogP contribution is -2.20. The molecule has 25 heavy (non-hydrogen) atoms. The number of hydrogen-bond acceptors (Lipinski definition) is 3. The number of rotatable bonds is 5. The highest BCUT2D eigenvalue weighted by atomic mass is 35.5. The number of nitrogens with one attached hydrogen (secondary N) is 2. The van der Waals surface area contributed by atoms with Crippen LogP contribution in [0.25, 0.3) is 0 Å². The maximum absolute atomic E-state index is 12.3. The molecule has 2 atom stereocenters. The molecule has 0 spiro atoms. The number of ether oxygens (including phenoxy) is 1. The Morgan fingerprint density at radius 1 is 0.960 bits per heavy atom. The molecule has 0 aliphatic heterocycles. The number of carbonyl (C=O) groups excluding carboxylic acids is 2. The summed E-state index contributed by atoms with van der Waals surface area (Å²) in [6.07, 6.45) is 0.523. The zero-order chi connectivity index (χ0) is 18.0. The summed E-state index contributed by atoms with van der Waals surface area (Å²) in [6.45, 7) is 0. The highest BCUT2D eigenvalue weighted by Crippen LogP contribution is 2.40. The van der Waals surface area contributed by atoms with Gasteiger partial charge in [0, 0.05) is 16.4 Å². The van der Waals surface area contributed by atoms with E-state index in [2.05, 4.69) is 10.6 Å². The molecular weight excluding hydrogens is 363 g/mol. The topological polar surface area (TPSA) is 67.4 Å². The quantitative estimate of drug-likeness (QED) is 0.818. The van der Waals surface area contributed by atoms with E-state index < -0.39 is 0 Å². The third kappa shape index (κ3) is 4.24. The Labute approximate surface area is 155 Å². The van der Waals surface area contributed by atoms with E-state index in [1.807, 2.05) is 0 Å². The van der Waals surface area contributed by atoms with Crippen molar-refractivity contribution < 1.29 is 14.3 Å². The SMILES string of the molecule is COc1ccc(NC(=O)C2CC2C(=O)Nc2ccc(Cl)cc2)cc1Cl. The van der Waals surface area contributed by atoms with E-state index in [0.717, 1.165) is 0 Å². The van der Waals surface area contributed by atoms with Crippen LogP contribution in [0.5, 0.6) is 5.75 Å². The number of hydrogen-bond donors (Lipinski definition) is 2. The van der Waals surface area contributed by atoms with Crippen LogP contribution in [0.3, 0.4) is 0 Å². The van der Waals surface area contributed by atoms with Crippen molar-refractivity contribution in [1.82, 2.24) is 0 Å². The average molecular weight is 379 g/mol. The van der Waals surface area contributed by atoms with Crippen molar-refractivity contribution in [3.8, 4) is 5.75 Å². The first-order chi connectivity index (χ1) is 12.0. The molecule has 0 saturated heterocycles. The Balaban J connectivity index is 1.55. The van der Waals surface area contributed by atoms with Gasteiger partial charge in [0.15, 0.2) is 0 Å². The number of anilines is 2. The summed E-state index contributed by atoms with van der Waals surface area (Å²) in [4.78, 5) is 24.5. The molecule has 0 bridgehead atoms. The van der Waals surface area contributed by atoms with Gasteiger partial charge in [-0.1, -0.05) is 23.2 Å². The summed E-state index contributed by atoms with van der Waals surface area (Å²) in [5.41, 5.74) is 1.22. The molecule has 1 aliphatic rings. The van der Waals surface area contributed by atoms with Crippen LogP contribution in [0.15, 0.2) is 42.5 Å². The Hall–Kier alpha value is -2.24. The molecule has 3 rings (SSSR count). The Morgan fingerprint density at radius 2 is 1.52 bits per heavy atom. The minimum absolute atomic E-state index is 0.171. The molecule has 1 saturated carbocycles. The van der Waals surface area contributed by atoms with Crippen LogP contribution in [0.1, 0.15) is 6.42 Å². The molecule has 5 nitrogen and oxygen atoms in total. The molecule has 2 N–H and O–H groups in total. The van der Waals surface area contributed by atoms with Crippen LogP contribution in [-0.2, 0) is 9.59 Å². The molecule has 7 heteroatoms. The zero-order valence-corrected chi connectivity index (χ0v) is 14.9. The number of carbonyl (C=O) groups is 2. The van der Waals surface area contributed by atoms with Gasteiger partial charge in [0.1, 0.15) is 5.75 Å². The van der Waals surface area contributed by atoms with Crippen LogP contribution in [0, 0.1) is 11.8 Å². The first-order valence-corrected chi connectivity index (χ1v) is 8.44. The van der Waals surface area contributed by atoms with Gasteiger partial charge in [0.05, 0.1) is 24.0 Å². The molecule has 2 unspecified atom stereocenters. The van der Waals surface area contributed by atoms with Crippen LogP contribution in [-0.4, -0.2) is 18.9 Å². The van der Waals surface area contributed by atoms with Crippen molar-refractivity contribution in [3.63, 3.8) is 0 Å². The van der Waals surface area contributed by atoms with Gasteiger partial charge in [-0.05, 0) is 48.9 Å². The Kier molecular flexibility index (Phi) is 5.16. The maximum atomic E-state index is 12.3. The van der Waals surface area contributed by atoms with E-state index in [1.165, 1.54) is 7.11 Å². The van der Waals surface area contributed by atoms with E-state index >= 15 is 0 Å². The molecular formula is C18H16Cl2N2O3. The molecule has 0 aromatic heterocycles. The van der Waals surface area contributed by atoms with Crippen molar-refractivity contribution in [2.24, 2.45) is 11.8 Å². The minimum Gasteiger partial charge on any atom is -0.495 e. The molecule has 0 heterocycles. The third-order valence-corrected chi connectivity index (χ3v) is 4.54. The number of methoxy groups -OCH3 is 1. The summed E-state index contributed by atoms with van der Waals surface area (Å²) in [6, 6.07) is 11.8. The molecule has 2 amide bonds. The smallest absolute Gasteiger partial charge is 0.228 e. The second-order valence-corrected chi connectivity index (χ2v) is 6.63. The minimum atomic E-state index is -0.340. The predicted molar refractivity (Wildman–Crippen MR) is 98.3 cm³/mol. The van der Waals surface area contributed by atoms with Crippen molar-refractivity contribution in [1.29, 1.82) is 0 Å². The van der Waals surface area contributed by atoms with Gasteiger partial charge in [0.2, 0.25) is 11.8 Å². The fraction of sp³-hybridized carbons (Fsp3) is 0.222. The van der Waals surface area contributed by atoms with Crippen LogP contribution in [0.2, 0.25) is 10.0 Å². The lowest BCUT2D eigenvalue weighted by Gasteiger charge is -2.08. The highest BCUT2D eigenvalue weighted by Gasteiger charge is 2.48. The van der Waals surface area contributed by atoms with Gasteiger partial charge >= 0.3 is 0 Å². The molecule has 2 aromatic carbocycles. The van der Waals surface area contributed by atoms with E-state index in [-0.39, 0.29) is 23.7 Å². The van der Waals surface area contributed by atoms with Gasteiger partial charge in [-0.3, -0.25) is 9.59 Å². The number of amides is 2. The average Bonchev–Trinajstić information content (AvgIpc) is 3.38. The largest absolute Gasteiger partial charge is 0.495 e. The molecule has 130 valence electrons. The highest BCUT2D eigenvalue weighted by molar-refractivity contribution is 6.32. The summed E-state index contributed by atoms with van der Waals surface area (Å²) >= 11 is 11.9. The van der Waals surface area contributed by atoms with Crippen molar-refractivity contribution in [2.75, 3.05) is 17.7 Å². The second kappa shape index (κ2) is 7.33. The molecule has 1 fully saturated rings. The number of halogens is 2. The van der Waals surface area contributed by atoms with E-state index in [1.54, 1.807) is 42.5 Å². The van der Waals surface area contributed by atoms with Gasteiger partial charge in [-0.25, -0.2) is 0 Å². The molecule has 1 aliphatic carbocycles. The fourth-order valence-corrected chi connectivity index (χ4v) is 2.91. The standard InChI is InChI=1S/C18H16Cl2N2O3/c1-25-16-7-6-12(8-15(16)20)22-18(24)14-9-13(14)17(23)21-11-4-2-10(19)3-5-11/h2-8,13-14H,9H2,1H3,(H,21,23)(H,22,24). The lowest BCUT2D eigenvalue weighted by molar-refractivity contribution is -0.122. The van der Waals surface area contributed by atoms with Crippen molar-refractivity contribution >= 4 is 46.4 Å². The normalized spacial score (nSPS) is 18.4. The summed E-state index contributed by atoms with van der Waals surface area (Å²) in [7, 11) is 1.52. The lowest BCUT2D eigenvalue weighted by atomic mass is 10.2. The Bertz CT molecular complexity index is 808.